The van der Waals surface area contributed by atoms with Crippen molar-refractivity contribution in [2.75, 3.05) is 24.2 Å². The fourth-order valence-electron chi connectivity index (χ4n) is 4.72. The number of anilines is 1. The van der Waals surface area contributed by atoms with E-state index in [9.17, 15) is 18.0 Å². The molecule has 2 amide bonds. The van der Waals surface area contributed by atoms with E-state index in [0.717, 1.165) is 29.4 Å². The Balaban J connectivity index is 1.89. The maximum atomic E-state index is 14.0. The third-order valence-electron chi connectivity index (χ3n) is 7.39. The van der Waals surface area contributed by atoms with Crippen LogP contribution in [0.2, 0.25) is 0 Å². The molecule has 0 fully saturated rings. The van der Waals surface area contributed by atoms with Gasteiger partial charge in [-0.05, 0) is 67.6 Å². The molecule has 0 aliphatic heterocycles. The first-order valence-electron chi connectivity index (χ1n) is 14.3. The molecule has 3 aromatic carbocycles. The minimum absolute atomic E-state index is 0.0426. The number of carbonyl (C=O) groups is 2. The zero-order valence-corrected chi connectivity index (χ0v) is 26.1. The van der Waals surface area contributed by atoms with Crippen LogP contribution in [0.25, 0.3) is 0 Å². The number of aryl methyl sites for hydroxylation is 1. The maximum Gasteiger partial charge on any atom is 0.243 e. The summed E-state index contributed by atoms with van der Waals surface area (Å²) in [5, 5.41) is 3.08. The summed E-state index contributed by atoms with van der Waals surface area (Å²) in [6.07, 6.45) is 2.64. The summed E-state index contributed by atoms with van der Waals surface area (Å²) < 4.78 is 31.8. The molecule has 42 heavy (non-hydrogen) atoms. The van der Waals surface area contributed by atoms with E-state index >= 15 is 0 Å². The molecule has 1 N–H and O–H groups in total. The molecule has 0 aromatic heterocycles. The third-order valence-corrected chi connectivity index (χ3v) is 8.58. The molecule has 226 valence electrons. The Kier molecular flexibility index (Phi) is 12.0. The highest BCUT2D eigenvalue weighted by Gasteiger charge is 2.31. The molecular formula is C33H43N3O5S. The molecule has 3 rings (SSSR count). The Morgan fingerprint density at radius 3 is 2.19 bits per heavy atom. The molecule has 3 aromatic rings. The van der Waals surface area contributed by atoms with Crippen molar-refractivity contribution in [2.24, 2.45) is 0 Å². The Morgan fingerprint density at radius 1 is 0.952 bits per heavy atom. The summed E-state index contributed by atoms with van der Waals surface area (Å²) in [5.41, 5.74) is 3.43. The second kappa shape index (κ2) is 15.4. The molecule has 0 radical (unpaired) electrons. The number of sulfonamides is 1. The van der Waals surface area contributed by atoms with Gasteiger partial charge >= 0.3 is 0 Å². The zero-order valence-electron chi connectivity index (χ0n) is 25.2. The molecule has 0 spiro atoms. The minimum Gasteiger partial charge on any atom is -0.497 e. The van der Waals surface area contributed by atoms with Crippen molar-refractivity contribution >= 4 is 27.5 Å². The molecule has 0 aliphatic carbocycles. The number of nitrogens with one attached hydrogen (secondary N) is 1. The van der Waals surface area contributed by atoms with E-state index in [2.05, 4.69) is 5.32 Å². The van der Waals surface area contributed by atoms with Gasteiger partial charge in [0.05, 0.1) is 19.1 Å². The highest BCUT2D eigenvalue weighted by molar-refractivity contribution is 7.92. The Morgan fingerprint density at radius 2 is 1.60 bits per heavy atom. The summed E-state index contributed by atoms with van der Waals surface area (Å²) in [7, 11) is -2.05. The van der Waals surface area contributed by atoms with Gasteiger partial charge in [0.25, 0.3) is 0 Å². The van der Waals surface area contributed by atoms with Gasteiger partial charge < -0.3 is 15.0 Å². The summed E-state index contributed by atoms with van der Waals surface area (Å²) in [5.74, 6) is 0.210. The Bertz CT molecular complexity index is 1410. The number of rotatable bonds is 15. The van der Waals surface area contributed by atoms with E-state index in [1.54, 1.807) is 36.3 Å². The van der Waals surface area contributed by atoms with E-state index in [1.807, 2.05) is 75.4 Å². The quantitative estimate of drug-likeness (QED) is 0.264. The highest BCUT2D eigenvalue weighted by Crippen LogP contribution is 2.23. The van der Waals surface area contributed by atoms with Gasteiger partial charge in [-0.15, -0.1) is 0 Å². The summed E-state index contributed by atoms with van der Waals surface area (Å²) in [4.78, 5) is 29.3. The predicted molar refractivity (Wildman–Crippen MR) is 168 cm³/mol. The summed E-state index contributed by atoms with van der Waals surface area (Å²) in [6, 6.07) is 23.5. The molecule has 8 nitrogen and oxygen atoms in total. The SMILES string of the molecule is CC[C@@H](C)NC(=O)[C@@H](Cc1ccccc1)N(Cc1ccccc1C)C(=O)CCCN(c1ccc(OC)cc1)S(C)(=O)=O. The number of hydrogen-bond acceptors (Lipinski definition) is 5. The van der Waals surface area contributed by atoms with Crippen LogP contribution in [0.1, 0.15) is 49.8 Å². The van der Waals surface area contributed by atoms with Crippen LogP contribution >= 0.6 is 0 Å². The lowest BCUT2D eigenvalue weighted by atomic mass is 10.0. The van der Waals surface area contributed by atoms with Crippen LogP contribution in [-0.4, -0.2) is 57.1 Å². The van der Waals surface area contributed by atoms with Gasteiger partial charge in [0.1, 0.15) is 11.8 Å². The lowest BCUT2D eigenvalue weighted by molar-refractivity contribution is -0.141. The minimum atomic E-state index is -3.59. The van der Waals surface area contributed by atoms with E-state index < -0.39 is 16.1 Å². The number of hydrogen-bond donors (Lipinski definition) is 1. The average molecular weight is 594 g/mol. The van der Waals surface area contributed by atoms with Crippen molar-refractivity contribution in [3.05, 3.63) is 95.6 Å². The van der Waals surface area contributed by atoms with Crippen molar-refractivity contribution in [3.8, 4) is 5.75 Å². The molecule has 0 saturated carbocycles. The van der Waals surface area contributed by atoms with Gasteiger partial charge in [-0.2, -0.15) is 0 Å². The van der Waals surface area contributed by atoms with E-state index in [0.29, 0.717) is 17.9 Å². The Labute approximate surface area is 250 Å². The molecule has 0 bridgehead atoms. The molecule has 0 unspecified atom stereocenters. The second-order valence-electron chi connectivity index (χ2n) is 10.6. The molecule has 0 saturated heterocycles. The zero-order chi connectivity index (χ0) is 30.7. The van der Waals surface area contributed by atoms with Crippen molar-refractivity contribution in [2.45, 2.75) is 65.1 Å². The van der Waals surface area contributed by atoms with Crippen LogP contribution in [0, 0.1) is 6.92 Å². The molecule has 0 aliphatic rings. The summed E-state index contributed by atoms with van der Waals surface area (Å²) in [6.45, 7) is 6.33. The maximum absolute atomic E-state index is 14.0. The van der Waals surface area contributed by atoms with E-state index in [-0.39, 0.29) is 43.8 Å². The predicted octanol–water partition coefficient (Wildman–Crippen LogP) is 5.10. The average Bonchev–Trinajstić information content (AvgIpc) is 2.97. The van der Waals surface area contributed by atoms with Gasteiger partial charge in [0.15, 0.2) is 0 Å². The van der Waals surface area contributed by atoms with Gasteiger partial charge in [0.2, 0.25) is 21.8 Å². The third kappa shape index (κ3) is 9.34. The number of nitrogens with zero attached hydrogens (tertiary/aromatic N) is 2. The number of ether oxygens (including phenoxy) is 1. The largest absolute Gasteiger partial charge is 0.497 e. The molecule has 2 atom stereocenters. The highest BCUT2D eigenvalue weighted by atomic mass is 32.2. The fraction of sp³-hybridized carbons (Fsp3) is 0.394. The van der Waals surface area contributed by atoms with Crippen LogP contribution in [0.4, 0.5) is 5.69 Å². The van der Waals surface area contributed by atoms with Gasteiger partial charge in [-0.25, -0.2) is 8.42 Å². The van der Waals surface area contributed by atoms with Crippen molar-refractivity contribution in [1.82, 2.24) is 10.2 Å². The van der Waals surface area contributed by atoms with Gasteiger partial charge in [0, 0.05) is 32.0 Å². The first-order valence-corrected chi connectivity index (χ1v) is 16.2. The number of carbonyl (C=O) groups excluding carboxylic acids is 2. The molecule has 0 heterocycles. The fourth-order valence-corrected chi connectivity index (χ4v) is 5.68. The van der Waals surface area contributed by atoms with Gasteiger partial charge in [-0.1, -0.05) is 61.5 Å². The second-order valence-corrected chi connectivity index (χ2v) is 12.5. The number of benzene rings is 3. The van der Waals surface area contributed by atoms with Crippen molar-refractivity contribution in [3.63, 3.8) is 0 Å². The normalized spacial score (nSPS) is 12.7. The standard InChI is InChI=1S/C33H43N3O5S/c1-6-26(3)34-33(38)31(23-27-14-8-7-9-15-27)35(24-28-16-11-10-13-25(28)2)32(37)17-12-22-36(42(5,39)40)29-18-20-30(41-4)21-19-29/h7-11,13-16,18-21,26,31H,6,12,17,22-24H2,1-5H3,(H,34,38)/t26-,31-/m1/s1. The van der Waals surface area contributed by atoms with Crippen molar-refractivity contribution < 1.29 is 22.7 Å². The first-order chi connectivity index (χ1) is 20.0. The van der Waals surface area contributed by atoms with Crippen LogP contribution in [0.3, 0.4) is 0 Å². The van der Waals surface area contributed by atoms with E-state index in [4.69, 9.17) is 4.74 Å². The first kappa shape index (κ1) is 32.7. The summed E-state index contributed by atoms with van der Waals surface area (Å²) >= 11 is 0. The van der Waals surface area contributed by atoms with Crippen LogP contribution in [0.5, 0.6) is 5.75 Å². The van der Waals surface area contributed by atoms with Gasteiger partial charge in [-0.3, -0.25) is 13.9 Å². The monoisotopic (exact) mass is 593 g/mol. The van der Waals surface area contributed by atoms with Crippen LogP contribution in [0.15, 0.2) is 78.9 Å². The van der Waals surface area contributed by atoms with Crippen LogP contribution < -0.4 is 14.4 Å². The van der Waals surface area contributed by atoms with E-state index in [1.165, 1.54) is 4.31 Å². The van der Waals surface area contributed by atoms with Crippen molar-refractivity contribution in [1.29, 1.82) is 0 Å². The van der Waals surface area contributed by atoms with Crippen LogP contribution in [-0.2, 0) is 32.6 Å². The Hall–Kier alpha value is -3.85. The molecular weight excluding hydrogens is 550 g/mol. The lowest BCUT2D eigenvalue weighted by Crippen LogP contribution is -2.52. The number of methoxy groups -OCH3 is 1. The number of amides is 2. The lowest BCUT2D eigenvalue weighted by Gasteiger charge is -2.33. The topological polar surface area (TPSA) is 96.0 Å². The molecule has 9 heteroatoms. The smallest absolute Gasteiger partial charge is 0.243 e.